The standard InChI is InChI=1S/C19H28N2O2/c1-3-19(22)21-12-6-10-18(21)17-9-5-11-20(17)14-15-7-4-8-16(13-15)23-2/h4,7-8,13,17-18H,3,5-6,9-12,14H2,1-2H3. The third-order valence-electron chi connectivity index (χ3n) is 5.30. The fraction of sp³-hybridized carbons (Fsp3) is 0.632. The molecule has 0 spiro atoms. The van der Waals surface area contributed by atoms with Crippen molar-refractivity contribution < 1.29 is 9.53 Å². The first-order valence-corrected chi connectivity index (χ1v) is 8.89. The van der Waals surface area contributed by atoms with E-state index in [2.05, 4.69) is 28.0 Å². The molecule has 0 saturated carbocycles. The van der Waals surface area contributed by atoms with E-state index in [4.69, 9.17) is 4.74 Å². The summed E-state index contributed by atoms with van der Waals surface area (Å²) in [5.74, 6) is 1.24. The van der Waals surface area contributed by atoms with Crippen molar-refractivity contribution in [3.8, 4) is 5.75 Å². The van der Waals surface area contributed by atoms with Gasteiger partial charge in [0.15, 0.2) is 0 Å². The molecule has 2 atom stereocenters. The van der Waals surface area contributed by atoms with Gasteiger partial charge in [0.25, 0.3) is 0 Å². The lowest BCUT2D eigenvalue weighted by molar-refractivity contribution is -0.132. The highest BCUT2D eigenvalue weighted by Crippen LogP contribution is 2.31. The van der Waals surface area contributed by atoms with Gasteiger partial charge in [0, 0.05) is 31.6 Å². The molecular weight excluding hydrogens is 288 g/mol. The van der Waals surface area contributed by atoms with Crippen molar-refractivity contribution in [2.45, 2.75) is 57.7 Å². The van der Waals surface area contributed by atoms with E-state index in [-0.39, 0.29) is 0 Å². The fourth-order valence-electron chi connectivity index (χ4n) is 4.19. The SMILES string of the molecule is CCC(=O)N1CCCC1C1CCCN1Cc1cccc(OC)c1. The Morgan fingerprint density at radius 2 is 2.00 bits per heavy atom. The van der Waals surface area contributed by atoms with Crippen LogP contribution in [0.4, 0.5) is 0 Å². The molecule has 0 radical (unpaired) electrons. The van der Waals surface area contributed by atoms with E-state index < -0.39 is 0 Å². The van der Waals surface area contributed by atoms with E-state index in [9.17, 15) is 4.79 Å². The predicted molar refractivity (Wildman–Crippen MR) is 91.5 cm³/mol. The van der Waals surface area contributed by atoms with Crippen molar-refractivity contribution in [2.24, 2.45) is 0 Å². The van der Waals surface area contributed by atoms with E-state index in [1.807, 2.05) is 13.0 Å². The smallest absolute Gasteiger partial charge is 0.222 e. The first kappa shape index (κ1) is 16.3. The largest absolute Gasteiger partial charge is 0.497 e. The molecule has 2 fully saturated rings. The first-order valence-electron chi connectivity index (χ1n) is 8.89. The van der Waals surface area contributed by atoms with Gasteiger partial charge in [0.1, 0.15) is 5.75 Å². The minimum Gasteiger partial charge on any atom is -0.497 e. The van der Waals surface area contributed by atoms with Crippen LogP contribution in [0.5, 0.6) is 5.75 Å². The zero-order chi connectivity index (χ0) is 16.2. The number of amides is 1. The van der Waals surface area contributed by atoms with Crippen molar-refractivity contribution in [2.75, 3.05) is 20.2 Å². The molecule has 126 valence electrons. The lowest BCUT2D eigenvalue weighted by Gasteiger charge is -2.35. The van der Waals surface area contributed by atoms with Crippen LogP contribution in [0.3, 0.4) is 0 Å². The average molecular weight is 316 g/mol. The van der Waals surface area contributed by atoms with E-state index in [0.29, 0.717) is 24.4 Å². The minimum atomic E-state index is 0.320. The second-order valence-corrected chi connectivity index (χ2v) is 6.68. The Hall–Kier alpha value is -1.55. The highest BCUT2D eigenvalue weighted by Gasteiger charge is 2.39. The molecule has 0 aliphatic carbocycles. The van der Waals surface area contributed by atoms with Crippen LogP contribution < -0.4 is 4.74 Å². The van der Waals surface area contributed by atoms with Crippen molar-refractivity contribution in [3.63, 3.8) is 0 Å². The first-order chi connectivity index (χ1) is 11.2. The minimum absolute atomic E-state index is 0.320. The number of nitrogens with zero attached hydrogens (tertiary/aromatic N) is 2. The molecule has 2 unspecified atom stereocenters. The van der Waals surface area contributed by atoms with Crippen molar-refractivity contribution in [3.05, 3.63) is 29.8 Å². The van der Waals surface area contributed by atoms with Gasteiger partial charge in [-0.25, -0.2) is 0 Å². The van der Waals surface area contributed by atoms with Gasteiger partial charge in [-0.2, -0.15) is 0 Å². The number of rotatable bonds is 5. The molecule has 1 amide bonds. The third kappa shape index (κ3) is 3.52. The van der Waals surface area contributed by atoms with Gasteiger partial charge in [-0.3, -0.25) is 9.69 Å². The van der Waals surface area contributed by atoms with Gasteiger partial charge >= 0.3 is 0 Å². The third-order valence-corrected chi connectivity index (χ3v) is 5.30. The quantitative estimate of drug-likeness (QED) is 0.837. The van der Waals surface area contributed by atoms with Crippen LogP contribution >= 0.6 is 0 Å². The molecule has 2 aliphatic heterocycles. The lowest BCUT2D eigenvalue weighted by Crippen LogP contribution is -2.47. The number of methoxy groups -OCH3 is 1. The van der Waals surface area contributed by atoms with Gasteiger partial charge in [0.05, 0.1) is 7.11 Å². The van der Waals surface area contributed by atoms with Crippen LogP contribution in [0.1, 0.15) is 44.6 Å². The monoisotopic (exact) mass is 316 g/mol. The van der Waals surface area contributed by atoms with Crippen LogP contribution in [0, 0.1) is 0 Å². The second kappa shape index (κ2) is 7.35. The Balaban J connectivity index is 1.71. The molecule has 1 aromatic rings. The summed E-state index contributed by atoms with van der Waals surface area (Å²) in [7, 11) is 1.71. The van der Waals surface area contributed by atoms with Crippen LogP contribution in [-0.4, -0.2) is 48.0 Å². The maximum Gasteiger partial charge on any atom is 0.222 e. The number of likely N-dealkylation sites (tertiary alicyclic amines) is 2. The molecule has 2 heterocycles. The van der Waals surface area contributed by atoms with E-state index >= 15 is 0 Å². The van der Waals surface area contributed by atoms with Gasteiger partial charge in [-0.1, -0.05) is 19.1 Å². The molecule has 2 aliphatic rings. The fourth-order valence-corrected chi connectivity index (χ4v) is 4.19. The van der Waals surface area contributed by atoms with Gasteiger partial charge in [-0.15, -0.1) is 0 Å². The zero-order valence-electron chi connectivity index (χ0n) is 14.3. The summed E-state index contributed by atoms with van der Waals surface area (Å²) in [6.07, 6.45) is 5.38. The van der Waals surface area contributed by atoms with Crippen LogP contribution in [-0.2, 0) is 11.3 Å². The van der Waals surface area contributed by atoms with Crippen LogP contribution in [0.2, 0.25) is 0 Å². The van der Waals surface area contributed by atoms with E-state index in [1.54, 1.807) is 7.11 Å². The average Bonchev–Trinajstić information content (AvgIpc) is 3.23. The highest BCUT2D eigenvalue weighted by molar-refractivity contribution is 5.76. The summed E-state index contributed by atoms with van der Waals surface area (Å²) >= 11 is 0. The zero-order valence-corrected chi connectivity index (χ0v) is 14.3. The summed E-state index contributed by atoms with van der Waals surface area (Å²) < 4.78 is 5.34. The van der Waals surface area contributed by atoms with Crippen LogP contribution in [0.25, 0.3) is 0 Å². The Morgan fingerprint density at radius 3 is 2.78 bits per heavy atom. The van der Waals surface area contributed by atoms with Gasteiger partial charge in [-0.05, 0) is 49.9 Å². The summed E-state index contributed by atoms with van der Waals surface area (Å²) in [6.45, 7) is 5.00. The molecule has 0 N–H and O–H groups in total. The normalized spacial score (nSPS) is 25.0. The molecule has 3 rings (SSSR count). The van der Waals surface area contributed by atoms with Crippen molar-refractivity contribution in [1.82, 2.24) is 9.80 Å². The topological polar surface area (TPSA) is 32.8 Å². The lowest BCUT2D eigenvalue weighted by atomic mass is 10.0. The Labute approximate surface area is 139 Å². The second-order valence-electron chi connectivity index (χ2n) is 6.68. The molecule has 4 nitrogen and oxygen atoms in total. The summed E-state index contributed by atoms with van der Waals surface area (Å²) in [5.41, 5.74) is 1.29. The summed E-state index contributed by atoms with van der Waals surface area (Å²) in [6, 6.07) is 9.26. The molecular formula is C19H28N2O2. The maximum absolute atomic E-state index is 12.2. The Kier molecular flexibility index (Phi) is 5.21. The number of carbonyl (C=O) groups is 1. The summed E-state index contributed by atoms with van der Waals surface area (Å²) in [5, 5.41) is 0. The number of hydrogen-bond acceptors (Lipinski definition) is 3. The molecule has 0 bridgehead atoms. The highest BCUT2D eigenvalue weighted by atomic mass is 16.5. The molecule has 23 heavy (non-hydrogen) atoms. The molecule has 2 saturated heterocycles. The molecule has 0 aromatic heterocycles. The van der Waals surface area contributed by atoms with Crippen molar-refractivity contribution in [1.29, 1.82) is 0 Å². The number of benzene rings is 1. The van der Waals surface area contributed by atoms with Crippen molar-refractivity contribution >= 4 is 5.91 Å². The van der Waals surface area contributed by atoms with Gasteiger partial charge < -0.3 is 9.64 Å². The predicted octanol–water partition coefficient (Wildman–Crippen LogP) is 3.06. The Bertz CT molecular complexity index is 546. The molecule has 1 aromatic carbocycles. The van der Waals surface area contributed by atoms with Gasteiger partial charge in [0.2, 0.25) is 5.91 Å². The number of ether oxygens (including phenoxy) is 1. The number of hydrogen-bond donors (Lipinski definition) is 0. The Morgan fingerprint density at radius 1 is 1.22 bits per heavy atom. The van der Waals surface area contributed by atoms with E-state index in [1.165, 1.54) is 18.4 Å². The van der Waals surface area contributed by atoms with Crippen LogP contribution in [0.15, 0.2) is 24.3 Å². The maximum atomic E-state index is 12.2. The molecule has 4 heteroatoms. The summed E-state index contributed by atoms with van der Waals surface area (Å²) in [4.78, 5) is 16.9. The number of carbonyl (C=O) groups excluding carboxylic acids is 1. The van der Waals surface area contributed by atoms with E-state index in [0.717, 1.165) is 38.2 Å².